The Morgan fingerprint density at radius 3 is 2.41 bits per heavy atom. The van der Waals surface area contributed by atoms with Crippen molar-refractivity contribution in [1.82, 2.24) is 14.5 Å². The fourth-order valence-corrected chi connectivity index (χ4v) is 4.63. The van der Waals surface area contributed by atoms with E-state index in [2.05, 4.69) is 5.32 Å². The summed E-state index contributed by atoms with van der Waals surface area (Å²) < 4.78 is 26.6. The van der Waals surface area contributed by atoms with Crippen LogP contribution in [0.3, 0.4) is 0 Å². The number of benzene rings is 2. The van der Waals surface area contributed by atoms with Crippen LogP contribution in [0.15, 0.2) is 59.5 Å². The van der Waals surface area contributed by atoms with Gasteiger partial charge < -0.3 is 10.2 Å². The Balaban J connectivity index is 1.69. The Morgan fingerprint density at radius 1 is 1.10 bits per heavy atom. The van der Waals surface area contributed by atoms with E-state index in [9.17, 15) is 18.0 Å². The van der Waals surface area contributed by atoms with E-state index in [0.717, 1.165) is 16.3 Å². The smallest absolute Gasteiger partial charge is 0.253 e. The first-order valence-corrected chi connectivity index (χ1v) is 11.1. The van der Waals surface area contributed by atoms with Gasteiger partial charge in [-0.15, -0.1) is 0 Å². The number of piperazine rings is 1. The highest BCUT2D eigenvalue weighted by atomic mass is 32.2. The maximum Gasteiger partial charge on any atom is 0.253 e. The molecule has 0 saturated carbocycles. The van der Waals surface area contributed by atoms with Gasteiger partial charge in [0.2, 0.25) is 15.9 Å². The number of carbonyl (C=O) groups is 2. The number of nitrogens with zero attached hydrogens (tertiary/aromatic N) is 2. The van der Waals surface area contributed by atoms with E-state index in [0.29, 0.717) is 25.2 Å². The lowest BCUT2D eigenvalue weighted by Gasteiger charge is -2.26. The van der Waals surface area contributed by atoms with Crippen molar-refractivity contribution < 1.29 is 18.0 Å². The highest BCUT2D eigenvalue weighted by Crippen LogP contribution is 2.18. The first kappa shape index (κ1) is 21.0. The zero-order valence-electron chi connectivity index (χ0n) is 16.4. The second-order valence-corrected chi connectivity index (χ2v) is 8.77. The molecule has 1 saturated heterocycles. The van der Waals surface area contributed by atoms with Crippen LogP contribution < -0.4 is 5.32 Å². The van der Waals surface area contributed by atoms with Gasteiger partial charge in [0.1, 0.15) is 0 Å². The largest absolute Gasteiger partial charge is 0.354 e. The molecule has 3 rings (SSSR count). The Bertz CT molecular complexity index is 959. The topological polar surface area (TPSA) is 86.8 Å². The number of sulfonamides is 1. The van der Waals surface area contributed by atoms with E-state index in [-0.39, 0.29) is 29.8 Å². The molecule has 0 aromatic heterocycles. The van der Waals surface area contributed by atoms with Crippen LogP contribution in [0.1, 0.15) is 22.8 Å². The molecule has 7 nitrogen and oxygen atoms in total. The zero-order valence-corrected chi connectivity index (χ0v) is 17.2. The molecule has 1 heterocycles. The van der Waals surface area contributed by atoms with Crippen molar-refractivity contribution in [2.75, 3.05) is 32.7 Å². The van der Waals surface area contributed by atoms with Gasteiger partial charge in [-0.1, -0.05) is 30.3 Å². The fraction of sp³-hybridized carbons (Fsp3) is 0.333. The van der Waals surface area contributed by atoms with Crippen LogP contribution in [0.25, 0.3) is 0 Å². The molecular formula is C21H25N3O4S. The third-order valence-corrected chi connectivity index (χ3v) is 6.78. The number of rotatable bonds is 7. The molecule has 1 aliphatic heterocycles. The van der Waals surface area contributed by atoms with Gasteiger partial charge in [-0.25, -0.2) is 8.42 Å². The summed E-state index contributed by atoms with van der Waals surface area (Å²) in [5.74, 6) is -0.451. The standard InChI is InChI=1S/C21H25N3O4S/c1-2-23(14-12-17-6-4-3-5-7-17)21(26)18-8-10-19(11-9-18)29(27,28)24-15-13-22-20(25)16-24/h3-11H,2,12-16H2,1H3,(H,22,25). The Kier molecular flexibility index (Phi) is 6.66. The summed E-state index contributed by atoms with van der Waals surface area (Å²) in [7, 11) is -3.76. The van der Waals surface area contributed by atoms with Gasteiger partial charge >= 0.3 is 0 Å². The summed E-state index contributed by atoms with van der Waals surface area (Å²) in [6.45, 7) is 3.41. The molecule has 0 unspecified atom stereocenters. The van der Waals surface area contributed by atoms with Crippen LogP contribution in [-0.2, 0) is 21.2 Å². The molecule has 0 atom stereocenters. The van der Waals surface area contributed by atoms with Crippen molar-refractivity contribution in [2.45, 2.75) is 18.2 Å². The van der Waals surface area contributed by atoms with Gasteiger partial charge in [-0.3, -0.25) is 9.59 Å². The number of carbonyl (C=O) groups excluding carboxylic acids is 2. The summed E-state index contributed by atoms with van der Waals surface area (Å²) in [5.41, 5.74) is 1.60. The predicted molar refractivity (Wildman–Crippen MR) is 110 cm³/mol. The van der Waals surface area contributed by atoms with Crippen molar-refractivity contribution in [3.8, 4) is 0 Å². The second kappa shape index (κ2) is 9.19. The monoisotopic (exact) mass is 415 g/mol. The molecule has 154 valence electrons. The first-order chi connectivity index (χ1) is 13.9. The molecule has 0 spiro atoms. The SMILES string of the molecule is CCN(CCc1ccccc1)C(=O)c1ccc(S(=O)(=O)N2CCNC(=O)C2)cc1. The van der Waals surface area contributed by atoms with Crippen LogP contribution in [0.2, 0.25) is 0 Å². The van der Waals surface area contributed by atoms with Crippen LogP contribution >= 0.6 is 0 Å². The summed E-state index contributed by atoms with van der Waals surface area (Å²) in [6.07, 6.45) is 0.754. The van der Waals surface area contributed by atoms with Crippen molar-refractivity contribution in [1.29, 1.82) is 0 Å². The minimum atomic E-state index is -3.76. The maximum atomic E-state index is 12.8. The Labute approximate surface area is 171 Å². The number of amides is 2. The van der Waals surface area contributed by atoms with E-state index in [1.54, 1.807) is 4.90 Å². The normalized spacial score (nSPS) is 15.0. The molecule has 1 N–H and O–H groups in total. The van der Waals surface area contributed by atoms with Crippen molar-refractivity contribution in [2.24, 2.45) is 0 Å². The predicted octanol–water partition coefficient (Wildman–Crippen LogP) is 1.51. The molecule has 1 fully saturated rings. The third kappa shape index (κ3) is 5.02. The third-order valence-electron chi connectivity index (χ3n) is 4.92. The van der Waals surface area contributed by atoms with Crippen LogP contribution in [-0.4, -0.2) is 62.2 Å². The van der Waals surface area contributed by atoms with E-state index in [1.807, 2.05) is 37.3 Å². The minimum absolute atomic E-state index is 0.0797. The Hall–Kier alpha value is -2.71. The van der Waals surface area contributed by atoms with Gasteiger partial charge in [0, 0.05) is 31.7 Å². The van der Waals surface area contributed by atoms with Crippen molar-refractivity contribution in [3.63, 3.8) is 0 Å². The highest BCUT2D eigenvalue weighted by Gasteiger charge is 2.29. The summed E-state index contributed by atoms with van der Waals surface area (Å²) >= 11 is 0. The lowest BCUT2D eigenvalue weighted by molar-refractivity contribution is -0.122. The van der Waals surface area contributed by atoms with Crippen molar-refractivity contribution >= 4 is 21.8 Å². The average Bonchev–Trinajstić information content (AvgIpc) is 2.75. The number of nitrogens with one attached hydrogen (secondary N) is 1. The van der Waals surface area contributed by atoms with E-state index in [4.69, 9.17) is 0 Å². The molecule has 0 radical (unpaired) electrons. The maximum absolute atomic E-state index is 12.8. The molecule has 0 bridgehead atoms. The van der Waals surface area contributed by atoms with Gasteiger partial charge in [-0.2, -0.15) is 4.31 Å². The summed E-state index contributed by atoms with van der Waals surface area (Å²) in [4.78, 5) is 26.1. The minimum Gasteiger partial charge on any atom is -0.354 e. The number of likely N-dealkylation sites (N-methyl/N-ethyl adjacent to an activating group) is 1. The van der Waals surface area contributed by atoms with Gasteiger partial charge in [0.25, 0.3) is 5.91 Å². The molecular weight excluding hydrogens is 390 g/mol. The van der Waals surface area contributed by atoms with Crippen LogP contribution in [0.4, 0.5) is 0 Å². The molecule has 8 heteroatoms. The fourth-order valence-electron chi connectivity index (χ4n) is 3.23. The first-order valence-electron chi connectivity index (χ1n) is 9.62. The molecule has 0 aliphatic carbocycles. The van der Waals surface area contributed by atoms with E-state index in [1.165, 1.54) is 24.3 Å². The Morgan fingerprint density at radius 2 is 1.79 bits per heavy atom. The number of hydrogen-bond acceptors (Lipinski definition) is 4. The second-order valence-electron chi connectivity index (χ2n) is 6.83. The van der Waals surface area contributed by atoms with Gasteiger partial charge in [0.05, 0.1) is 11.4 Å². The number of hydrogen-bond donors (Lipinski definition) is 1. The van der Waals surface area contributed by atoms with Crippen LogP contribution in [0, 0.1) is 0 Å². The van der Waals surface area contributed by atoms with Gasteiger partial charge in [0.15, 0.2) is 0 Å². The lowest BCUT2D eigenvalue weighted by Crippen LogP contribution is -2.49. The van der Waals surface area contributed by atoms with Crippen LogP contribution in [0.5, 0.6) is 0 Å². The van der Waals surface area contributed by atoms with E-state index < -0.39 is 10.0 Å². The summed E-state index contributed by atoms with van der Waals surface area (Å²) in [5, 5.41) is 2.61. The molecule has 2 aromatic rings. The highest BCUT2D eigenvalue weighted by molar-refractivity contribution is 7.89. The van der Waals surface area contributed by atoms with E-state index >= 15 is 0 Å². The zero-order chi connectivity index (χ0) is 20.9. The van der Waals surface area contributed by atoms with Gasteiger partial charge in [-0.05, 0) is 43.2 Å². The molecule has 1 aliphatic rings. The molecule has 2 amide bonds. The average molecular weight is 416 g/mol. The van der Waals surface area contributed by atoms with Crippen molar-refractivity contribution in [3.05, 3.63) is 65.7 Å². The molecule has 2 aromatic carbocycles. The summed E-state index contributed by atoms with van der Waals surface area (Å²) in [6, 6.07) is 15.9. The quantitative estimate of drug-likeness (QED) is 0.743. The lowest BCUT2D eigenvalue weighted by atomic mass is 10.1. The molecule has 29 heavy (non-hydrogen) atoms.